The number of carbonyl (C=O) groups excluding carboxylic acids is 2. The van der Waals surface area contributed by atoms with E-state index in [9.17, 15) is 19.5 Å². The Bertz CT molecular complexity index is 1270. The number of aromatic nitrogens is 1. The van der Waals surface area contributed by atoms with Crippen LogP contribution < -0.4 is 5.32 Å². The van der Waals surface area contributed by atoms with Gasteiger partial charge in [0.15, 0.2) is 0 Å². The van der Waals surface area contributed by atoms with E-state index < -0.39 is 41.8 Å². The summed E-state index contributed by atoms with van der Waals surface area (Å²) in [4.78, 5) is 46.2. The summed E-state index contributed by atoms with van der Waals surface area (Å²) in [5.41, 5.74) is 1.89. The Kier molecular flexibility index (Phi) is 9.74. The van der Waals surface area contributed by atoms with Crippen LogP contribution in [0.2, 0.25) is 0 Å². The molecule has 0 spiro atoms. The molecule has 2 heterocycles. The Balaban J connectivity index is 1.57. The molecule has 1 aromatic rings. The highest BCUT2D eigenvalue weighted by Crippen LogP contribution is 2.40. The summed E-state index contributed by atoms with van der Waals surface area (Å²) in [5, 5.41) is 12.5. The van der Waals surface area contributed by atoms with Crippen molar-refractivity contribution in [1.29, 1.82) is 0 Å². The number of carboxylic acids is 1. The molecule has 10 nitrogen and oxygen atoms in total. The average molecular weight is 579 g/mol. The van der Waals surface area contributed by atoms with E-state index in [0.29, 0.717) is 49.9 Å². The van der Waals surface area contributed by atoms with Gasteiger partial charge in [-0.15, -0.1) is 6.42 Å². The summed E-state index contributed by atoms with van der Waals surface area (Å²) in [7, 11) is 0. The fourth-order valence-corrected chi connectivity index (χ4v) is 5.31. The van der Waals surface area contributed by atoms with Gasteiger partial charge in [0.2, 0.25) is 5.91 Å². The van der Waals surface area contributed by atoms with Crippen LogP contribution in [0, 0.1) is 18.3 Å². The normalized spacial score (nSPS) is 23.7. The van der Waals surface area contributed by atoms with Crippen LogP contribution in [0.4, 0.5) is 4.79 Å². The topological polar surface area (TPSA) is 121 Å². The summed E-state index contributed by atoms with van der Waals surface area (Å²) < 4.78 is 12.2. The van der Waals surface area contributed by atoms with Gasteiger partial charge in [-0.05, 0) is 70.6 Å². The zero-order valence-electron chi connectivity index (χ0n) is 25.1. The number of carbonyl (C=O) groups is 3. The van der Waals surface area contributed by atoms with Gasteiger partial charge in [0.25, 0.3) is 0 Å². The number of ether oxygens (including phenoxy) is 2. The number of piperazine rings is 1. The molecule has 1 saturated heterocycles. The van der Waals surface area contributed by atoms with Crippen LogP contribution in [0.15, 0.2) is 41.6 Å². The molecule has 3 aliphatic rings. The summed E-state index contributed by atoms with van der Waals surface area (Å²) in [5.74, 6) is 1.06. The van der Waals surface area contributed by atoms with E-state index >= 15 is 0 Å². The van der Waals surface area contributed by atoms with Gasteiger partial charge >= 0.3 is 12.1 Å². The molecule has 2 aliphatic carbocycles. The fraction of sp³-hybridized carbons (Fsp3) is 0.562. The van der Waals surface area contributed by atoms with Crippen LogP contribution in [0.3, 0.4) is 0 Å². The van der Waals surface area contributed by atoms with Gasteiger partial charge in [-0.3, -0.25) is 19.6 Å². The summed E-state index contributed by atoms with van der Waals surface area (Å²) in [6.45, 7) is 11.1. The van der Waals surface area contributed by atoms with Crippen LogP contribution in [0.25, 0.3) is 0 Å². The van der Waals surface area contributed by atoms with E-state index in [0.717, 1.165) is 12.8 Å². The van der Waals surface area contributed by atoms with Gasteiger partial charge in [0.05, 0.1) is 23.3 Å². The largest absolute Gasteiger partial charge is 0.478 e. The monoisotopic (exact) mass is 578 g/mol. The van der Waals surface area contributed by atoms with Crippen molar-refractivity contribution in [2.45, 2.75) is 77.2 Å². The predicted molar refractivity (Wildman–Crippen MR) is 157 cm³/mol. The SMILES string of the molecule is C#C[C@@H]1CN(C[C@@H](OC2C=C(C)C(C(=O)O)=CC2C(=O)NCC)c2ccc(C3CC3)cn2)CCN1C(=O)OC(C)(C)C. The molecule has 42 heavy (non-hydrogen) atoms. The van der Waals surface area contributed by atoms with Crippen molar-refractivity contribution in [3.05, 3.63) is 52.9 Å². The highest BCUT2D eigenvalue weighted by Gasteiger charge is 2.37. The average Bonchev–Trinajstić information content (AvgIpc) is 3.77. The summed E-state index contributed by atoms with van der Waals surface area (Å²) in [6, 6.07) is 3.56. The molecule has 10 heteroatoms. The molecule has 226 valence electrons. The maximum absolute atomic E-state index is 13.0. The molecule has 0 radical (unpaired) electrons. The zero-order valence-corrected chi connectivity index (χ0v) is 25.1. The number of pyridine rings is 1. The van der Waals surface area contributed by atoms with E-state index in [-0.39, 0.29) is 11.5 Å². The zero-order chi connectivity index (χ0) is 30.6. The highest BCUT2D eigenvalue weighted by molar-refractivity contribution is 5.94. The number of nitrogens with one attached hydrogen (secondary N) is 1. The summed E-state index contributed by atoms with van der Waals surface area (Å²) >= 11 is 0. The minimum atomic E-state index is -1.09. The first kappa shape index (κ1) is 31.3. The minimum Gasteiger partial charge on any atom is -0.478 e. The van der Waals surface area contributed by atoms with Gasteiger partial charge < -0.3 is 19.9 Å². The Hall–Kier alpha value is -3.68. The Morgan fingerprint density at radius 1 is 1.21 bits per heavy atom. The van der Waals surface area contributed by atoms with E-state index in [1.165, 1.54) is 11.6 Å². The van der Waals surface area contributed by atoms with Crippen molar-refractivity contribution >= 4 is 18.0 Å². The molecular formula is C32H42N4O6. The van der Waals surface area contributed by atoms with Crippen LogP contribution in [0.1, 0.15) is 70.7 Å². The third-order valence-corrected chi connectivity index (χ3v) is 7.64. The second-order valence-corrected chi connectivity index (χ2v) is 12.2. The Morgan fingerprint density at radius 3 is 2.52 bits per heavy atom. The van der Waals surface area contributed by atoms with E-state index in [1.54, 1.807) is 17.9 Å². The number of hydrogen-bond donors (Lipinski definition) is 2. The molecule has 2 amide bonds. The van der Waals surface area contributed by atoms with Crippen molar-refractivity contribution in [3.8, 4) is 12.3 Å². The predicted octanol–water partition coefficient (Wildman–Crippen LogP) is 3.66. The van der Waals surface area contributed by atoms with Crippen molar-refractivity contribution in [2.75, 3.05) is 32.7 Å². The van der Waals surface area contributed by atoms with Crippen LogP contribution in [0.5, 0.6) is 0 Å². The molecule has 4 rings (SSSR count). The number of carboxylic acid groups (broad SMARTS) is 1. The molecule has 0 aromatic carbocycles. The Morgan fingerprint density at radius 2 is 1.95 bits per heavy atom. The highest BCUT2D eigenvalue weighted by atomic mass is 16.6. The molecule has 2 N–H and O–H groups in total. The first-order valence-electron chi connectivity index (χ1n) is 14.6. The molecular weight excluding hydrogens is 536 g/mol. The lowest BCUT2D eigenvalue weighted by molar-refractivity contribution is -0.132. The molecule has 1 aliphatic heterocycles. The van der Waals surface area contributed by atoms with Crippen molar-refractivity contribution < 1.29 is 29.0 Å². The number of nitrogens with zero attached hydrogens (tertiary/aromatic N) is 3. The molecule has 0 bridgehead atoms. The minimum absolute atomic E-state index is 0.0877. The van der Waals surface area contributed by atoms with Crippen molar-refractivity contribution in [1.82, 2.24) is 20.1 Å². The van der Waals surface area contributed by atoms with Crippen molar-refractivity contribution in [2.24, 2.45) is 5.92 Å². The van der Waals surface area contributed by atoms with Gasteiger partial charge in [-0.1, -0.05) is 24.1 Å². The Labute approximate surface area is 248 Å². The summed E-state index contributed by atoms with van der Waals surface area (Å²) in [6.07, 6.45) is 11.6. The van der Waals surface area contributed by atoms with E-state index in [1.807, 2.05) is 40.0 Å². The molecule has 1 aromatic heterocycles. The standard InChI is InChI=1S/C32H42N4O6/c1-7-23-18-35(13-14-36(23)31(40)42-32(4,5)6)19-28(26-12-11-22(17-34-26)21-9-10-21)41-27-15-20(3)24(30(38)39)16-25(27)29(37)33-8-2/h1,11-12,15-17,21,23,25,27-28H,8-10,13-14,18-19H2,2-6H3,(H,33,37)(H,38,39)/t23-,25?,27?,28-/m1/s1. The first-order chi connectivity index (χ1) is 19.9. The lowest BCUT2D eigenvalue weighted by Gasteiger charge is -2.41. The molecule has 4 atom stereocenters. The number of terminal acetylenes is 1. The van der Waals surface area contributed by atoms with Gasteiger partial charge in [0, 0.05) is 38.9 Å². The number of aliphatic carboxylic acids is 1. The molecule has 1 saturated carbocycles. The van der Waals surface area contributed by atoms with Crippen LogP contribution in [-0.4, -0.2) is 88.3 Å². The third-order valence-electron chi connectivity index (χ3n) is 7.64. The van der Waals surface area contributed by atoms with E-state index in [2.05, 4.69) is 22.2 Å². The number of hydrogen-bond acceptors (Lipinski definition) is 7. The van der Waals surface area contributed by atoms with Gasteiger partial charge in [-0.25, -0.2) is 9.59 Å². The number of rotatable bonds is 9. The van der Waals surface area contributed by atoms with E-state index in [4.69, 9.17) is 20.9 Å². The quantitative estimate of drug-likeness (QED) is 0.426. The van der Waals surface area contributed by atoms with Gasteiger partial charge in [-0.2, -0.15) is 0 Å². The lowest BCUT2D eigenvalue weighted by Crippen LogP contribution is -2.56. The fourth-order valence-electron chi connectivity index (χ4n) is 5.31. The van der Waals surface area contributed by atoms with Crippen LogP contribution >= 0.6 is 0 Å². The maximum Gasteiger partial charge on any atom is 0.411 e. The smallest absolute Gasteiger partial charge is 0.411 e. The third kappa shape index (κ3) is 7.78. The number of amides is 2. The van der Waals surface area contributed by atoms with Gasteiger partial charge in [0.1, 0.15) is 17.7 Å². The lowest BCUT2D eigenvalue weighted by atomic mass is 9.88. The second kappa shape index (κ2) is 13.1. The van der Waals surface area contributed by atoms with Crippen molar-refractivity contribution in [3.63, 3.8) is 0 Å². The second-order valence-electron chi connectivity index (χ2n) is 12.2. The van der Waals surface area contributed by atoms with Crippen LogP contribution in [-0.2, 0) is 19.1 Å². The molecule has 2 fully saturated rings. The first-order valence-corrected chi connectivity index (χ1v) is 14.6. The molecule has 2 unspecified atom stereocenters. The maximum atomic E-state index is 13.0.